The van der Waals surface area contributed by atoms with E-state index in [0.29, 0.717) is 5.92 Å². The number of rotatable bonds is 3. The fourth-order valence-electron chi connectivity index (χ4n) is 2.13. The van der Waals surface area contributed by atoms with E-state index < -0.39 is 0 Å². The van der Waals surface area contributed by atoms with Crippen molar-refractivity contribution in [2.45, 2.75) is 40.5 Å². The lowest BCUT2D eigenvalue weighted by molar-refractivity contribution is 0.621. The van der Waals surface area contributed by atoms with Crippen LogP contribution in [0.4, 0.5) is 0 Å². The summed E-state index contributed by atoms with van der Waals surface area (Å²) in [6.07, 6.45) is 1.71. The highest BCUT2D eigenvalue weighted by Gasteiger charge is 2.13. The number of nitrogens with zero attached hydrogens (tertiary/aromatic N) is 1. The molecule has 2 rings (SSSR count). The maximum Gasteiger partial charge on any atom is 0.259 e. The summed E-state index contributed by atoms with van der Waals surface area (Å²) in [6, 6.07) is 0. The summed E-state index contributed by atoms with van der Waals surface area (Å²) in [5.41, 5.74) is 1.17. The van der Waals surface area contributed by atoms with Crippen LogP contribution in [-0.4, -0.2) is 9.97 Å². The molecule has 0 aliphatic carbocycles. The number of aromatic nitrogens is 2. The van der Waals surface area contributed by atoms with Gasteiger partial charge in [0, 0.05) is 11.3 Å². The van der Waals surface area contributed by atoms with Crippen LogP contribution in [0.5, 0.6) is 0 Å². The van der Waals surface area contributed by atoms with Crippen LogP contribution < -0.4 is 5.56 Å². The van der Waals surface area contributed by atoms with Crippen molar-refractivity contribution in [3.05, 3.63) is 26.6 Å². The van der Waals surface area contributed by atoms with Gasteiger partial charge >= 0.3 is 0 Å². The minimum absolute atomic E-state index is 0.0202. The third-order valence-corrected chi connectivity index (χ3v) is 3.91. The van der Waals surface area contributed by atoms with Crippen molar-refractivity contribution in [2.75, 3.05) is 0 Å². The van der Waals surface area contributed by atoms with Crippen molar-refractivity contribution in [2.24, 2.45) is 5.92 Å². The Morgan fingerprint density at radius 2 is 2.12 bits per heavy atom. The van der Waals surface area contributed by atoms with E-state index in [2.05, 4.69) is 37.7 Å². The quantitative estimate of drug-likeness (QED) is 0.910. The lowest BCUT2D eigenvalue weighted by Crippen LogP contribution is -2.13. The summed E-state index contributed by atoms with van der Waals surface area (Å²) < 4.78 is 0. The fourth-order valence-corrected chi connectivity index (χ4v) is 3.26. The maximum absolute atomic E-state index is 12.1. The van der Waals surface area contributed by atoms with Gasteiger partial charge in [-0.15, -0.1) is 11.3 Å². The van der Waals surface area contributed by atoms with Gasteiger partial charge in [0.1, 0.15) is 10.7 Å². The molecule has 92 valence electrons. The lowest BCUT2D eigenvalue weighted by Gasteiger charge is -2.03. The number of aryl methyl sites for hydroxylation is 2. The average Bonchev–Trinajstić information content (AvgIpc) is 2.52. The second-order valence-electron chi connectivity index (χ2n) is 4.78. The monoisotopic (exact) mass is 250 g/mol. The van der Waals surface area contributed by atoms with Crippen LogP contribution in [0.15, 0.2) is 4.79 Å². The molecule has 0 fully saturated rings. The van der Waals surface area contributed by atoms with Crippen molar-refractivity contribution in [3.63, 3.8) is 0 Å². The van der Waals surface area contributed by atoms with Crippen molar-refractivity contribution < 1.29 is 0 Å². The van der Waals surface area contributed by atoms with E-state index in [1.807, 2.05) is 0 Å². The van der Waals surface area contributed by atoms with Gasteiger partial charge in [0.05, 0.1) is 5.39 Å². The van der Waals surface area contributed by atoms with Crippen molar-refractivity contribution in [3.8, 4) is 0 Å². The molecule has 2 aromatic heterocycles. The zero-order chi connectivity index (χ0) is 12.6. The molecule has 2 heterocycles. The van der Waals surface area contributed by atoms with E-state index in [1.54, 1.807) is 11.3 Å². The summed E-state index contributed by atoms with van der Waals surface area (Å²) in [4.78, 5) is 21.7. The van der Waals surface area contributed by atoms with E-state index in [9.17, 15) is 4.79 Å². The molecule has 0 spiro atoms. The van der Waals surface area contributed by atoms with Gasteiger partial charge in [-0.1, -0.05) is 20.8 Å². The predicted octanol–water partition coefficient (Wildman–Crippen LogP) is 3.05. The van der Waals surface area contributed by atoms with E-state index in [4.69, 9.17) is 0 Å². The summed E-state index contributed by atoms with van der Waals surface area (Å²) in [5.74, 6) is 1.31. The van der Waals surface area contributed by atoms with E-state index >= 15 is 0 Å². The molecule has 1 N–H and O–H groups in total. The second-order valence-corrected chi connectivity index (χ2v) is 5.98. The smallest absolute Gasteiger partial charge is 0.259 e. The Labute approximate surface area is 105 Å². The Balaban J connectivity index is 2.64. The molecule has 0 aliphatic rings. The molecule has 0 bridgehead atoms. The number of H-pyrrole nitrogens is 1. The highest BCUT2D eigenvalue weighted by atomic mass is 32.1. The predicted molar refractivity (Wildman–Crippen MR) is 72.9 cm³/mol. The normalized spacial score (nSPS) is 11.6. The summed E-state index contributed by atoms with van der Waals surface area (Å²) >= 11 is 1.63. The minimum atomic E-state index is 0.0202. The van der Waals surface area contributed by atoms with Gasteiger partial charge in [0.2, 0.25) is 0 Å². The molecule has 17 heavy (non-hydrogen) atoms. The third-order valence-electron chi connectivity index (χ3n) is 2.87. The number of nitrogens with one attached hydrogen (secondary N) is 1. The van der Waals surface area contributed by atoms with Crippen LogP contribution in [0.2, 0.25) is 0 Å². The maximum atomic E-state index is 12.1. The van der Waals surface area contributed by atoms with Gasteiger partial charge in [-0.25, -0.2) is 4.98 Å². The molecule has 0 amide bonds. The number of hydrogen-bond donors (Lipinski definition) is 1. The summed E-state index contributed by atoms with van der Waals surface area (Å²) in [5, 5.41) is 0.794. The highest BCUT2D eigenvalue weighted by Crippen LogP contribution is 2.27. The number of hydrogen-bond acceptors (Lipinski definition) is 3. The first-order valence-corrected chi connectivity index (χ1v) is 6.85. The summed E-state index contributed by atoms with van der Waals surface area (Å²) in [6.45, 7) is 8.39. The van der Waals surface area contributed by atoms with Crippen LogP contribution in [0, 0.1) is 12.8 Å². The van der Waals surface area contributed by atoms with Crippen molar-refractivity contribution in [1.29, 1.82) is 0 Å². The first kappa shape index (κ1) is 12.3. The van der Waals surface area contributed by atoms with Gasteiger partial charge in [0.15, 0.2) is 0 Å². The van der Waals surface area contributed by atoms with E-state index in [0.717, 1.165) is 34.4 Å². The van der Waals surface area contributed by atoms with Crippen LogP contribution in [0.1, 0.15) is 37.0 Å². The second kappa shape index (κ2) is 4.61. The molecule has 4 heteroatoms. The van der Waals surface area contributed by atoms with Crippen molar-refractivity contribution in [1.82, 2.24) is 9.97 Å². The zero-order valence-electron chi connectivity index (χ0n) is 10.8. The molecule has 3 nitrogen and oxygen atoms in total. The fraction of sp³-hybridized carbons (Fsp3) is 0.538. The van der Waals surface area contributed by atoms with E-state index in [1.165, 1.54) is 4.88 Å². The molecule has 0 radical (unpaired) electrons. The molecule has 0 atom stereocenters. The Morgan fingerprint density at radius 3 is 2.71 bits per heavy atom. The van der Waals surface area contributed by atoms with Crippen LogP contribution in [-0.2, 0) is 12.8 Å². The van der Waals surface area contributed by atoms with Crippen molar-refractivity contribution >= 4 is 21.6 Å². The Bertz CT molecular complexity index is 595. The van der Waals surface area contributed by atoms with Gasteiger partial charge in [-0.05, 0) is 24.8 Å². The lowest BCUT2D eigenvalue weighted by atomic mass is 10.1. The molecule has 0 saturated carbocycles. The van der Waals surface area contributed by atoms with E-state index in [-0.39, 0.29) is 5.56 Å². The molecule has 0 saturated heterocycles. The number of fused-ring (bicyclic) bond motifs is 1. The minimum Gasteiger partial charge on any atom is -0.310 e. The van der Waals surface area contributed by atoms with Crippen LogP contribution in [0.3, 0.4) is 0 Å². The van der Waals surface area contributed by atoms with Gasteiger partial charge < -0.3 is 4.98 Å². The standard InChI is InChI=1S/C13H18N2OS/c1-5-9-8(4)17-13-11(9)12(16)14-10(15-13)6-7(2)3/h7H,5-6H2,1-4H3,(H,14,15,16). The summed E-state index contributed by atoms with van der Waals surface area (Å²) in [7, 11) is 0. The largest absolute Gasteiger partial charge is 0.310 e. The molecular formula is C13H18N2OS. The van der Waals surface area contributed by atoms with Crippen LogP contribution in [0.25, 0.3) is 10.2 Å². The Kier molecular flexibility index (Phi) is 3.33. The molecular weight excluding hydrogens is 232 g/mol. The topological polar surface area (TPSA) is 45.8 Å². The SMILES string of the molecule is CCc1c(C)sc2nc(CC(C)C)[nH]c(=O)c12. The van der Waals surface area contributed by atoms with Gasteiger partial charge in [0.25, 0.3) is 5.56 Å². The molecule has 0 aromatic carbocycles. The third kappa shape index (κ3) is 2.27. The molecule has 2 aromatic rings. The molecule has 0 unspecified atom stereocenters. The Morgan fingerprint density at radius 1 is 1.41 bits per heavy atom. The average molecular weight is 250 g/mol. The first-order valence-electron chi connectivity index (χ1n) is 6.04. The molecule has 0 aliphatic heterocycles. The van der Waals surface area contributed by atoms with Gasteiger partial charge in [-0.3, -0.25) is 4.79 Å². The Hall–Kier alpha value is -1.16. The van der Waals surface area contributed by atoms with Gasteiger partial charge in [-0.2, -0.15) is 0 Å². The highest BCUT2D eigenvalue weighted by molar-refractivity contribution is 7.18. The van der Waals surface area contributed by atoms with Crippen LogP contribution >= 0.6 is 11.3 Å². The number of aromatic amines is 1. The first-order chi connectivity index (χ1) is 8.02. The number of thiophene rings is 1. The zero-order valence-corrected chi connectivity index (χ0v) is 11.6.